The second-order valence-corrected chi connectivity index (χ2v) is 5.90. The third-order valence-electron chi connectivity index (χ3n) is 3.99. The van der Waals surface area contributed by atoms with E-state index in [0.717, 1.165) is 18.5 Å². The van der Waals surface area contributed by atoms with Crippen LogP contribution in [0.25, 0.3) is 0 Å². The summed E-state index contributed by atoms with van der Waals surface area (Å²) in [5.74, 6) is 0.794. The van der Waals surface area contributed by atoms with Gasteiger partial charge < -0.3 is 5.32 Å². The number of benzene rings is 1. The van der Waals surface area contributed by atoms with Gasteiger partial charge >= 0.3 is 0 Å². The fourth-order valence-electron chi connectivity index (χ4n) is 2.67. The fraction of sp³-hybridized carbons (Fsp3) is 0.588. The zero-order chi connectivity index (χ0) is 13.7. The van der Waals surface area contributed by atoms with Crippen LogP contribution in [0, 0.1) is 0 Å². The number of carbonyl (C=O) groups excluding carboxylic acids is 1. The first-order valence-corrected chi connectivity index (χ1v) is 7.53. The Morgan fingerprint density at radius 1 is 1.21 bits per heavy atom. The van der Waals surface area contributed by atoms with Gasteiger partial charge in [-0.3, -0.25) is 4.79 Å². The van der Waals surface area contributed by atoms with Gasteiger partial charge in [0, 0.05) is 18.0 Å². The molecule has 1 saturated heterocycles. The Morgan fingerprint density at radius 3 is 2.63 bits per heavy atom. The van der Waals surface area contributed by atoms with Gasteiger partial charge in [-0.2, -0.15) is 0 Å². The predicted molar refractivity (Wildman–Crippen MR) is 79.7 cm³/mol. The van der Waals surface area contributed by atoms with Crippen LogP contribution in [0.15, 0.2) is 24.3 Å². The molecule has 1 heterocycles. The first-order valence-electron chi connectivity index (χ1n) is 7.53. The minimum absolute atomic E-state index is 0.273. The van der Waals surface area contributed by atoms with Crippen molar-refractivity contribution in [2.24, 2.45) is 0 Å². The molecule has 2 heteroatoms. The molecule has 104 valence electrons. The Morgan fingerprint density at radius 2 is 1.95 bits per heavy atom. The van der Waals surface area contributed by atoms with E-state index < -0.39 is 0 Å². The van der Waals surface area contributed by atoms with Crippen LogP contribution in [0.3, 0.4) is 0 Å². The van der Waals surface area contributed by atoms with Crippen LogP contribution in [0.4, 0.5) is 0 Å². The SMILES string of the molecule is CC(C)c1ccc(C(=O)CC2CCCCCN2)cc1. The van der Waals surface area contributed by atoms with E-state index in [2.05, 4.69) is 31.3 Å². The van der Waals surface area contributed by atoms with Crippen LogP contribution in [-0.2, 0) is 0 Å². The highest BCUT2D eigenvalue weighted by Gasteiger charge is 2.16. The summed E-state index contributed by atoms with van der Waals surface area (Å²) in [6, 6.07) is 8.50. The van der Waals surface area contributed by atoms with Gasteiger partial charge in [0.25, 0.3) is 0 Å². The van der Waals surface area contributed by atoms with E-state index in [1.807, 2.05) is 12.1 Å². The first-order chi connectivity index (χ1) is 9.16. The van der Waals surface area contributed by atoms with Crippen molar-refractivity contribution in [1.29, 1.82) is 0 Å². The average molecular weight is 259 g/mol. The zero-order valence-electron chi connectivity index (χ0n) is 12.1. The number of carbonyl (C=O) groups is 1. The van der Waals surface area contributed by atoms with Crippen molar-refractivity contribution < 1.29 is 4.79 Å². The molecule has 1 aromatic carbocycles. The lowest BCUT2D eigenvalue weighted by Gasteiger charge is -2.15. The molecule has 0 spiro atoms. The third-order valence-corrected chi connectivity index (χ3v) is 3.99. The maximum atomic E-state index is 12.3. The fourth-order valence-corrected chi connectivity index (χ4v) is 2.67. The molecular weight excluding hydrogens is 234 g/mol. The van der Waals surface area contributed by atoms with Crippen LogP contribution in [-0.4, -0.2) is 18.4 Å². The summed E-state index contributed by atoms with van der Waals surface area (Å²) in [7, 11) is 0. The molecule has 2 nitrogen and oxygen atoms in total. The standard InChI is InChI=1S/C17H25NO/c1-13(2)14-7-9-15(10-8-14)17(19)12-16-6-4-3-5-11-18-16/h7-10,13,16,18H,3-6,11-12H2,1-2H3. The Labute approximate surface area is 116 Å². The summed E-state index contributed by atoms with van der Waals surface area (Å²) in [6.45, 7) is 5.41. The second-order valence-electron chi connectivity index (χ2n) is 5.90. The number of hydrogen-bond donors (Lipinski definition) is 1. The van der Waals surface area contributed by atoms with Crippen LogP contribution in [0.1, 0.15) is 67.8 Å². The number of ketones is 1. The van der Waals surface area contributed by atoms with E-state index in [0.29, 0.717) is 18.4 Å². The number of Topliss-reactive ketones (excluding diaryl/α,β-unsaturated/α-hetero) is 1. The van der Waals surface area contributed by atoms with Gasteiger partial charge in [-0.1, -0.05) is 51.0 Å². The van der Waals surface area contributed by atoms with Crippen molar-refractivity contribution in [1.82, 2.24) is 5.32 Å². The van der Waals surface area contributed by atoms with Gasteiger partial charge in [-0.05, 0) is 30.9 Å². The molecule has 1 atom stereocenters. The Kier molecular flexibility index (Phi) is 5.15. The van der Waals surface area contributed by atoms with Gasteiger partial charge in [0.1, 0.15) is 0 Å². The van der Waals surface area contributed by atoms with Gasteiger partial charge in [0.05, 0.1) is 0 Å². The summed E-state index contributed by atoms with van der Waals surface area (Å²) >= 11 is 0. The van der Waals surface area contributed by atoms with Crippen molar-refractivity contribution >= 4 is 5.78 Å². The van der Waals surface area contributed by atoms with E-state index in [4.69, 9.17) is 0 Å². The zero-order valence-corrected chi connectivity index (χ0v) is 12.1. The van der Waals surface area contributed by atoms with Gasteiger partial charge in [0.15, 0.2) is 5.78 Å². The van der Waals surface area contributed by atoms with Crippen LogP contribution < -0.4 is 5.32 Å². The van der Waals surface area contributed by atoms with Crippen molar-refractivity contribution in [2.45, 2.75) is 57.9 Å². The maximum Gasteiger partial charge on any atom is 0.164 e. The molecule has 1 fully saturated rings. The van der Waals surface area contributed by atoms with E-state index in [1.54, 1.807) is 0 Å². The summed E-state index contributed by atoms with van der Waals surface area (Å²) in [5.41, 5.74) is 2.15. The molecule has 1 aromatic rings. The highest BCUT2D eigenvalue weighted by Crippen LogP contribution is 2.17. The van der Waals surface area contributed by atoms with Crippen LogP contribution >= 0.6 is 0 Å². The molecule has 0 amide bonds. The first kappa shape index (κ1) is 14.3. The molecule has 19 heavy (non-hydrogen) atoms. The van der Waals surface area contributed by atoms with Crippen molar-refractivity contribution in [3.8, 4) is 0 Å². The van der Waals surface area contributed by atoms with E-state index >= 15 is 0 Å². The number of hydrogen-bond acceptors (Lipinski definition) is 2. The Balaban J connectivity index is 1.95. The topological polar surface area (TPSA) is 29.1 Å². The lowest BCUT2D eigenvalue weighted by Crippen LogP contribution is -2.30. The summed E-state index contributed by atoms with van der Waals surface area (Å²) in [5, 5.41) is 3.49. The van der Waals surface area contributed by atoms with Crippen LogP contribution in [0.2, 0.25) is 0 Å². The van der Waals surface area contributed by atoms with E-state index in [-0.39, 0.29) is 5.78 Å². The quantitative estimate of drug-likeness (QED) is 0.830. The molecule has 0 aliphatic carbocycles. The summed E-state index contributed by atoms with van der Waals surface area (Å²) in [4.78, 5) is 12.3. The summed E-state index contributed by atoms with van der Waals surface area (Å²) in [6.07, 6.45) is 5.56. The average Bonchev–Trinajstić information content (AvgIpc) is 2.67. The molecule has 1 unspecified atom stereocenters. The minimum Gasteiger partial charge on any atom is -0.314 e. The van der Waals surface area contributed by atoms with Gasteiger partial charge in [-0.25, -0.2) is 0 Å². The number of nitrogens with one attached hydrogen (secondary N) is 1. The largest absolute Gasteiger partial charge is 0.314 e. The molecule has 0 bridgehead atoms. The van der Waals surface area contributed by atoms with Crippen molar-refractivity contribution in [3.63, 3.8) is 0 Å². The molecule has 1 N–H and O–H groups in total. The molecule has 0 radical (unpaired) electrons. The Bertz CT molecular complexity index is 400. The van der Waals surface area contributed by atoms with Crippen molar-refractivity contribution in [2.75, 3.05) is 6.54 Å². The molecule has 0 saturated carbocycles. The highest BCUT2D eigenvalue weighted by atomic mass is 16.1. The lowest BCUT2D eigenvalue weighted by molar-refractivity contribution is 0.0968. The van der Waals surface area contributed by atoms with Crippen LogP contribution in [0.5, 0.6) is 0 Å². The normalized spacial score (nSPS) is 20.3. The lowest BCUT2D eigenvalue weighted by atomic mass is 9.97. The molecule has 1 aliphatic heterocycles. The summed E-state index contributed by atoms with van der Waals surface area (Å²) < 4.78 is 0. The highest BCUT2D eigenvalue weighted by molar-refractivity contribution is 5.96. The van der Waals surface area contributed by atoms with E-state index in [9.17, 15) is 4.79 Å². The van der Waals surface area contributed by atoms with Crippen molar-refractivity contribution in [3.05, 3.63) is 35.4 Å². The Hall–Kier alpha value is -1.15. The minimum atomic E-state index is 0.273. The smallest absolute Gasteiger partial charge is 0.164 e. The monoisotopic (exact) mass is 259 g/mol. The maximum absolute atomic E-state index is 12.3. The van der Waals surface area contributed by atoms with E-state index in [1.165, 1.54) is 24.8 Å². The van der Waals surface area contributed by atoms with Gasteiger partial charge in [0.2, 0.25) is 0 Å². The predicted octanol–water partition coefficient (Wildman–Crippen LogP) is 3.92. The molecular formula is C17H25NO. The number of rotatable bonds is 4. The molecule has 1 aliphatic rings. The third kappa shape index (κ3) is 4.17. The second kappa shape index (κ2) is 6.85. The molecule has 0 aromatic heterocycles. The van der Waals surface area contributed by atoms with Gasteiger partial charge in [-0.15, -0.1) is 0 Å². The molecule has 2 rings (SSSR count).